The van der Waals surface area contributed by atoms with Crippen LogP contribution in [0.1, 0.15) is 30.4 Å². The maximum atomic E-state index is 12.3. The second kappa shape index (κ2) is 7.86. The highest BCUT2D eigenvalue weighted by molar-refractivity contribution is 7.99. The number of carbonyl (C=O) groups excluding carboxylic acids is 1. The average Bonchev–Trinajstić information content (AvgIpc) is 2.98. The van der Waals surface area contributed by atoms with Crippen LogP contribution in [0, 0.1) is 5.41 Å². The van der Waals surface area contributed by atoms with Crippen LogP contribution in [0.15, 0.2) is 46.5 Å². The van der Waals surface area contributed by atoms with E-state index in [4.69, 9.17) is 9.47 Å². The number of benzene rings is 1. The van der Waals surface area contributed by atoms with E-state index in [0.717, 1.165) is 24.8 Å². The van der Waals surface area contributed by atoms with Gasteiger partial charge in [-0.05, 0) is 18.4 Å². The van der Waals surface area contributed by atoms with Gasteiger partial charge in [0.05, 0.1) is 5.41 Å². The van der Waals surface area contributed by atoms with Gasteiger partial charge >= 0.3 is 5.97 Å². The normalized spacial score (nSPS) is 21.3. The molecule has 0 saturated carbocycles. The highest BCUT2D eigenvalue weighted by Gasteiger charge is 2.49. The maximum absolute atomic E-state index is 12.3. The Labute approximate surface area is 161 Å². The molecule has 1 atom stereocenters. The molecule has 2 aliphatic heterocycles. The Morgan fingerprint density at radius 2 is 1.96 bits per heavy atom. The summed E-state index contributed by atoms with van der Waals surface area (Å²) < 4.78 is 10.9. The van der Waals surface area contributed by atoms with Gasteiger partial charge in [0.15, 0.2) is 5.16 Å². The van der Waals surface area contributed by atoms with Crippen molar-refractivity contribution in [3.8, 4) is 0 Å². The molecule has 1 aromatic heterocycles. The number of aromatic amines is 1. The summed E-state index contributed by atoms with van der Waals surface area (Å²) in [5, 5.41) is 0.556. The van der Waals surface area contributed by atoms with Crippen molar-refractivity contribution in [2.45, 2.75) is 36.9 Å². The van der Waals surface area contributed by atoms with Crippen molar-refractivity contribution in [2.24, 2.45) is 5.41 Å². The van der Waals surface area contributed by atoms with Crippen molar-refractivity contribution in [3.05, 3.63) is 58.0 Å². The first-order valence-electron chi connectivity index (χ1n) is 9.18. The SMILES string of the molecule is O=C1OC(CSc2ncc(Cc3ccccc3)c(=O)[nH]2)CC12CCOCC2. The number of nitrogens with zero attached hydrogens (tertiary/aromatic N) is 1. The van der Waals surface area contributed by atoms with Crippen LogP contribution in [0.25, 0.3) is 0 Å². The zero-order chi connectivity index (χ0) is 18.7. The van der Waals surface area contributed by atoms with Gasteiger partial charge in [-0.3, -0.25) is 9.59 Å². The van der Waals surface area contributed by atoms with Gasteiger partial charge in [-0.1, -0.05) is 42.1 Å². The summed E-state index contributed by atoms with van der Waals surface area (Å²) in [6, 6.07) is 9.84. The molecule has 0 aliphatic carbocycles. The first kappa shape index (κ1) is 18.3. The van der Waals surface area contributed by atoms with Crippen LogP contribution >= 0.6 is 11.8 Å². The average molecular weight is 386 g/mol. The van der Waals surface area contributed by atoms with Gasteiger partial charge in [0.2, 0.25) is 0 Å². The zero-order valence-corrected chi connectivity index (χ0v) is 15.8. The molecule has 7 heteroatoms. The number of aromatic nitrogens is 2. The topological polar surface area (TPSA) is 81.3 Å². The summed E-state index contributed by atoms with van der Waals surface area (Å²) in [6.45, 7) is 1.24. The van der Waals surface area contributed by atoms with Gasteiger partial charge in [-0.25, -0.2) is 4.98 Å². The number of esters is 1. The molecule has 0 radical (unpaired) electrons. The van der Waals surface area contributed by atoms with E-state index in [1.807, 2.05) is 30.3 Å². The molecule has 2 saturated heterocycles. The first-order chi connectivity index (χ1) is 13.1. The molecule has 27 heavy (non-hydrogen) atoms. The Kier molecular flexibility index (Phi) is 5.31. The van der Waals surface area contributed by atoms with E-state index >= 15 is 0 Å². The van der Waals surface area contributed by atoms with Gasteiger partial charge in [-0.15, -0.1) is 0 Å². The number of thioether (sulfide) groups is 1. The van der Waals surface area contributed by atoms with Crippen LogP contribution in [0.4, 0.5) is 0 Å². The fourth-order valence-corrected chi connectivity index (χ4v) is 4.51. The van der Waals surface area contributed by atoms with Gasteiger partial charge in [0.1, 0.15) is 6.10 Å². The molecule has 1 aromatic carbocycles. The minimum absolute atomic E-state index is 0.101. The monoisotopic (exact) mass is 386 g/mol. The molecule has 0 bridgehead atoms. The van der Waals surface area contributed by atoms with Crippen LogP contribution in [0.5, 0.6) is 0 Å². The summed E-state index contributed by atoms with van der Waals surface area (Å²) in [7, 11) is 0. The van der Waals surface area contributed by atoms with Crippen molar-refractivity contribution >= 4 is 17.7 Å². The van der Waals surface area contributed by atoms with E-state index in [1.165, 1.54) is 11.8 Å². The fourth-order valence-electron chi connectivity index (χ4n) is 3.69. The van der Waals surface area contributed by atoms with Gasteiger partial charge in [0.25, 0.3) is 5.56 Å². The number of carbonyl (C=O) groups is 1. The molecule has 3 heterocycles. The second-order valence-electron chi connectivity index (χ2n) is 7.14. The van der Waals surface area contributed by atoms with Crippen LogP contribution in [-0.2, 0) is 20.7 Å². The smallest absolute Gasteiger partial charge is 0.312 e. The fraction of sp³-hybridized carbons (Fsp3) is 0.450. The van der Waals surface area contributed by atoms with Gasteiger partial charge in [0, 0.05) is 43.6 Å². The van der Waals surface area contributed by atoms with E-state index in [2.05, 4.69) is 9.97 Å². The first-order valence-corrected chi connectivity index (χ1v) is 10.2. The summed E-state index contributed by atoms with van der Waals surface area (Å²) in [5.41, 5.74) is 1.22. The Balaban J connectivity index is 1.36. The minimum atomic E-state index is -0.371. The van der Waals surface area contributed by atoms with Crippen LogP contribution < -0.4 is 5.56 Å². The summed E-state index contributed by atoms with van der Waals surface area (Å²) in [4.78, 5) is 31.8. The number of cyclic esters (lactones) is 1. The molecule has 2 aliphatic rings. The van der Waals surface area contributed by atoms with Crippen molar-refractivity contribution in [2.75, 3.05) is 19.0 Å². The zero-order valence-electron chi connectivity index (χ0n) is 15.0. The lowest BCUT2D eigenvalue weighted by molar-refractivity contribution is -0.152. The molecule has 1 unspecified atom stereocenters. The lowest BCUT2D eigenvalue weighted by Crippen LogP contribution is -2.33. The Morgan fingerprint density at radius 3 is 2.70 bits per heavy atom. The van der Waals surface area contributed by atoms with Crippen LogP contribution in [0.2, 0.25) is 0 Å². The van der Waals surface area contributed by atoms with Gasteiger partial charge < -0.3 is 14.5 Å². The van der Waals surface area contributed by atoms with Crippen molar-refractivity contribution < 1.29 is 14.3 Å². The predicted octanol–water partition coefficient (Wildman–Crippen LogP) is 2.57. The molecular weight excluding hydrogens is 364 g/mol. The number of hydrogen-bond donors (Lipinski definition) is 1. The second-order valence-corrected chi connectivity index (χ2v) is 8.15. The number of rotatable bonds is 5. The molecule has 4 rings (SSSR count). The lowest BCUT2D eigenvalue weighted by Gasteiger charge is -2.28. The van der Waals surface area contributed by atoms with Crippen molar-refractivity contribution in [1.29, 1.82) is 0 Å². The molecule has 142 valence electrons. The Morgan fingerprint density at radius 1 is 1.19 bits per heavy atom. The minimum Gasteiger partial charge on any atom is -0.461 e. The van der Waals surface area contributed by atoms with E-state index in [9.17, 15) is 9.59 Å². The van der Waals surface area contributed by atoms with E-state index in [0.29, 0.717) is 36.1 Å². The summed E-state index contributed by atoms with van der Waals surface area (Å²) in [5.74, 6) is 0.492. The summed E-state index contributed by atoms with van der Waals surface area (Å²) >= 11 is 1.42. The number of hydrogen-bond acceptors (Lipinski definition) is 6. The van der Waals surface area contributed by atoms with Gasteiger partial charge in [-0.2, -0.15) is 0 Å². The van der Waals surface area contributed by atoms with Crippen LogP contribution in [0.3, 0.4) is 0 Å². The molecule has 2 aromatic rings. The quantitative estimate of drug-likeness (QED) is 0.483. The Bertz CT molecular complexity index is 862. The standard InChI is InChI=1S/C20H22N2O4S/c23-17-15(10-14-4-2-1-3-5-14)12-21-19(22-17)27-13-16-11-20(18(24)26-16)6-8-25-9-7-20/h1-5,12,16H,6-11,13H2,(H,21,22,23). The number of H-pyrrole nitrogens is 1. The third kappa shape index (κ3) is 4.09. The lowest BCUT2D eigenvalue weighted by atomic mass is 9.78. The predicted molar refractivity (Wildman–Crippen MR) is 102 cm³/mol. The van der Waals surface area contributed by atoms with E-state index in [1.54, 1.807) is 6.20 Å². The van der Waals surface area contributed by atoms with E-state index < -0.39 is 0 Å². The van der Waals surface area contributed by atoms with Crippen molar-refractivity contribution in [3.63, 3.8) is 0 Å². The Hall–Kier alpha value is -2.12. The largest absolute Gasteiger partial charge is 0.461 e. The molecule has 0 amide bonds. The van der Waals surface area contributed by atoms with Crippen molar-refractivity contribution in [1.82, 2.24) is 9.97 Å². The highest BCUT2D eigenvalue weighted by Crippen LogP contribution is 2.43. The third-order valence-corrected chi connectivity index (χ3v) is 6.29. The number of ether oxygens (including phenoxy) is 2. The maximum Gasteiger partial charge on any atom is 0.312 e. The van der Waals surface area contributed by atoms with Crippen LogP contribution in [-0.4, -0.2) is 41.0 Å². The molecule has 6 nitrogen and oxygen atoms in total. The van der Waals surface area contributed by atoms with E-state index in [-0.39, 0.29) is 23.0 Å². The molecule has 1 spiro atoms. The highest BCUT2D eigenvalue weighted by atomic mass is 32.2. The number of nitrogens with one attached hydrogen (secondary N) is 1. The molecule has 2 fully saturated rings. The molecule has 1 N–H and O–H groups in total. The molecular formula is C20H22N2O4S. The summed E-state index contributed by atoms with van der Waals surface area (Å²) in [6.07, 6.45) is 4.23. The third-order valence-electron chi connectivity index (χ3n) is 5.27.